The lowest BCUT2D eigenvalue weighted by molar-refractivity contribution is -0.137. The lowest BCUT2D eigenvalue weighted by Crippen LogP contribution is -2.09. The molecular formula is C63H35F3N6. The van der Waals surface area contributed by atoms with Crippen molar-refractivity contribution in [3.63, 3.8) is 0 Å². The van der Waals surface area contributed by atoms with Crippen LogP contribution in [0.15, 0.2) is 212 Å². The molecule has 0 saturated heterocycles. The molecule has 10 aromatic carbocycles. The number of fused-ring (bicyclic) bond motifs is 12. The Morgan fingerprint density at radius 3 is 1.15 bits per heavy atom. The summed E-state index contributed by atoms with van der Waals surface area (Å²) in [6.07, 6.45) is -4.83. The summed E-state index contributed by atoms with van der Waals surface area (Å²) >= 11 is 0. The molecule has 0 unspecified atom stereocenters. The predicted molar refractivity (Wildman–Crippen MR) is 287 cm³/mol. The molecule has 0 aliphatic carbocycles. The molecule has 6 nitrogen and oxygen atoms in total. The van der Waals surface area contributed by atoms with Gasteiger partial charge in [0.25, 0.3) is 0 Å². The molecule has 0 spiro atoms. The molecule has 0 bridgehead atoms. The third-order valence-corrected chi connectivity index (χ3v) is 14.4. The van der Waals surface area contributed by atoms with Gasteiger partial charge in [0.05, 0.1) is 74.2 Å². The van der Waals surface area contributed by atoms with E-state index in [4.69, 9.17) is 6.57 Å². The van der Waals surface area contributed by atoms with Crippen molar-refractivity contribution in [1.29, 1.82) is 0 Å². The maximum absolute atomic E-state index is 15.5. The highest BCUT2D eigenvalue weighted by Crippen LogP contribution is 2.51. The highest BCUT2D eigenvalue weighted by molar-refractivity contribution is 6.15. The van der Waals surface area contributed by atoms with Crippen molar-refractivity contribution in [3.8, 4) is 33.9 Å². The van der Waals surface area contributed by atoms with Crippen LogP contribution >= 0.6 is 0 Å². The Kier molecular flexibility index (Phi) is 8.77. The number of alkyl halides is 3. The first-order valence-electron chi connectivity index (χ1n) is 23.5. The number of nitrogens with zero attached hydrogens (tertiary/aromatic N) is 6. The van der Waals surface area contributed by atoms with Crippen LogP contribution in [0.25, 0.3) is 131 Å². The fraction of sp³-hybridized carbons (Fsp3) is 0.0159. The summed E-state index contributed by atoms with van der Waals surface area (Å²) in [7, 11) is 0. The lowest BCUT2D eigenvalue weighted by Gasteiger charge is -2.23. The van der Waals surface area contributed by atoms with Gasteiger partial charge in [-0.1, -0.05) is 146 Å². The van der Waals surface area contributed by atoms with Crippen LogP contribution in [0.4, 0.5) is 24.5 Å². The van der Waals surface area contributed by atoms with Gasteiger partial charge in [0.2, 0.25) is 5.69 Å². The molecule has 0 saturated carbocycles. The molecule has 72 heavy (non-hydrogen) atoms. The number of rotatable bonds is 5. The van der Waals surface area contributed by atoms with Gasteiger partial charge >= 0.3 is 6.18 Å². The summed E-state index contributed by atoms with van der Waals surface area (Å²) in [6.45, 7) is 17.6. The molecule has 0 N–H and O–H groups in total. The molecule has 0 aliphatic rings. The van der Waals surface area contributed by atoms with E-state index in [0.29, 0.717) is 16.7 Å². The third-order valence-electron chi connectivity index (χ3n) is 14.4. The van der Waals surface area contributed by atoms with Gasteiger partial charge < -0.3 is 18.3 Å². The molecule has 14 rings (SSSR count). The van der Waals surface area contributed by atoms with E-state index >= 15 is 13.2 Å². The van der Waals surface area contributed by atoms with E-state index < -0.39 is 11.7 Å². The summed E-state index contributed by atoms with van der Waals surface area (Å²) in [6, 6.07) is 68.7. The van der Waals surface area contributed by atoms with Gasteiger partial charge in [-0.25, -0.2) is 9.69 Å². The molecule has 9 heteroatoms. The predicted octanol–water partition coefficient (Wildman–Crippen LogP) is 17.9. The van der Waals surface area contributed by atoms with E-state index in [-0.39, 0.29) is 28.2 Å². The zero-order chi connectivity index (χ0) is 48.4. The lowest BCUT2D eigenvalue weighted by atomic mass is 9.94. The van der Waals surface area contributed by atoms with E-state index in [1.54, 1.807) is 12.1 Å². The summed E-state index contributed by atoms with van der Waals surface area (Å²) in [5, 5.41) is 8.02. The maximum Gasteiger partial charge on any atom is 0.415 e. The molecule has 14 aromatic rings. The summed E-state index contributed by atoms with van der Waals surface area (Å²) in [5.41, 5.74) is 8.37. The highest BCUT2D eigenvalue weighted by atomic mass is 19.4. The van der Waals surface area contributed by atoms with E-state index in [2.05, 4.69) is 114 Å². The summed E-state index contributed by atoms with van der Waals surface area (Å²) in [4.78, 5) is 8.10. The van der Waals surface area contributed by atoms with Crippen LogP contribution < -0.4 is 0 Å². The molecule has 0 aliphatic heterocycles. The number of hydrogen-bond donors (Lipinski definition) is 0. The largest absolute Gasteiger partial charge is 0.415 e. The van der Waals surface area contributed by atoms with Gasteiger partial charge in [0, 0.05) is 60.0 Å². The van der Waals surface area contributed by atoms with Crippen molar-refractivity contribution in [2.45, 2.75) is 6.18 Å². The minimum Gasteiger partial charge on any atom is -0.319 e. The van der Waals surface area contributed by atoms with Crippen molar-refractivity contribution in [2.24, 2.45) is 0 Å². The fourth-order valence-corrected chi connectivity index (χ4v) is 11.5. The van der Waals surface area contributed by atoms with Crippen LogP contribution in [0.2, 0.25) is 0 Å². The first-order valence-corrected chi connectivity index (χ1v) is 23.5. The molecule has 0 fully saturated rings. The van der Waals surface area contributed by atoms with Crippen LogP contribution in [0.5, 0.6) is 0 Å². The van der Waals surface area contributed by atoms with Gasteiger partial charge in [-0.15, -0.1) is 0 Å². The average Bonchev–Trinajstić information content (AvgIpc) is 4.14. The van der Waals surface area contributed by atoms with Crippen LogP contribution in [0.1, 0.15) is 5.56 Å². The first-order chi connectivity index (χ1) is 35.3. The van der Waals surface area contributed by atoms with Crippen LogP contribution in [0, 0.1) is 13.1 Å². The second kappa shape index (κ2) is 15.3. The Labute approximate surface area is 409 Å². The van der Waals surface area contributed by atoms with E-state index in [1.165, 1.54) is 12.1 Å². The van der Waals surface area contributed by atoms with Crippen LogP contribution in [0.3, 0.4) is 0 Å². The number of hydrogen-bond acceptors (Lipinski definition) is 0. The second-order valence-electron chi connectivity index (χ2n) is 18.1. The zero-order valence-electron chi connectivity index (χ0n) is 38.0. The summed E-state index contributed by atoms with van der Waals surface area (Å²) in [5.74, 6) is 0. The second-order valence-corrected chi connectivity index (χ2v) is 18.1. The van der Waals surface area contributed by atoms with E-state index in [9.17, 15) is 6.57 Å². The Hall–Kier alpha value is -9.83. The maximum atomic E-state index is 15.5. The van der Waals surface area contributed by atoms with Gasteiger partial charge in [-0.3, -0.25) is 0 Å². The Bertz CT molecular complexity index is 4610. The molecule has 0 amide bonds. The van der Waals surface area contributed by atoms with E-state index in [1.807, 2.05) is 95.6 Å². The molecule has 338 valence electrons. The molecule has 0 atom stereocenters. The monoisotopic (exact) mass is 932 g/mol. The average molecular weight is 933 g/mol. The number of para-hydroxylation sites is 6. The van der Waals surface area contributed by atoms with Crippen molar-refractivity contribution in [1.82, 2.24) is 18.3 Å². The highest BCUT2D eigenvalue weighted by Gasteiger charge is 2.36. The molecule has 0 radical (unpaired) electrons. The fourth-order valence-electron chi connectivity index (χ4n) is 11.5. The Morgan fingerprint density at radius 2 is 0.736 bits per heavy atom. The standard InChI is InChI=1S/C63H35F3N6/c1-67-50-23-15-22-49(63(64,65)66)60(50)48-34-35-57(71-55-28-13-7-20-44(55)46-32-30-38(36-58(46)71)69-51-24-9-3-16-40(51)41-17-4-10-25-52(41)69)61(68-2)62(48)72-56-29-14-8-21-45(56)47-33-31-39(37-59(47)72)70-53-26-11-5-18-42(53)43-19-6-12-27-54(43)70/h3-37H. The minimum atomic E-state index is -4.83. The Balaban J connectivity index is 1.13. The van der Waals surface area contributed by atoms with Crippen molar-refractivity contribution < 1.29 is 13.2 Å². The van der Waals surface area contributed by atoms with Crippen LogP contribution in [-0.4, -0.2) is 18.3 Å². The van der Waals surface area contributed by atoms with Crippen LogP contribution in [-0.2, 0) is 6.18 Å². The van der Waals surface area contributed by atoms with Gasteiger partial charge in [-0.05, 0) is 72.3 Å². The third kappa shape index (κ3) is 5.76. The van der Waals surface area contributed by atoms with Crippen molar-refractivity contribution in [2.75, 3.05) is 0 Å². The number of halogens is 3. The topological polar surface area (TPSA) is 28.4 Å². The molecule has 4 aromatic heterocycles. The minimum absolute atomic E-state index is 0.111. The van der Waals surface area contributed by atoms with Gasteiger partial charge in [0.15, 0.2) is 5.69 Å². The quantitative estimate of drug-likeness (QED) is 0.154. The first kappa shape index (κ1) is 41.2. The number of benzene rings is 10. The van der Waals surface area contributed by atoms with Crippen molar-refractivity contribution >= 4 is 98.6 Å². The smallest absolute Gasteiger partial charge is 0.319 e. The number of aromatic nitrogens is 4. The van der Waals surface area contributed by atoms with E-state index in [0.717, 1.165) is 93.6 Å². The summed E-state index contributed by atoms with van der Waals surface area (Å²) < 4.78 is 55.0. The van der Waals surface area contributed by atoms with Gasteiger partial charge in [0.1, 0.15) is 0 Å². The SMILES string of the molecule is [C-]#[N+]c1cccc(C(F)(F)F)c1-c1ccc(-n2c3ccccc3c3ccc(-n4c5ccccc5c5ccccc54)cc32)c([N+]#[C-])c1-n1c2ccccc2c2ccc(-n3c4ccccc4c4ccccc43)cc21. The normalized spacial score (nSPS) is 12.1. The molecule has 4 heterocycles. The zero-order valence-corrected chi connectivity index (χ0v) is 38.0. The molecular weight excluding hydrogens is 898 g/mol. The van der Waals surface area contributed by atoms with Crippen molar-refractivity contribution in [3.05, 3.63) is 241 Å². The van der Waals surface area contributed by atoms with Gasteiger partial charge in [-0.2, -0.15) is 13.2 Å². The Morgan fingerprint density at radius 1 is 0.347 bits per heavy atom.